The van der Waals surface area contributed by atoms with Gasteiger partial charge < -0.3 is 0 Å². The Morgan fingerprint density at radius 1 is 0.407 bits per heavy atom. The molecule has 0 aliphatic heterocycles. The van der Waals surface area contributed by atoms with E-state index in [1.807, 2.05) is 47.7 Å². The van der Waals surface area contributed by atoms with E-state index in [9.17, 15) is 0 Å². The van der Waals surface area contributed by atoms with Gasteiger partial charge in [-0.25, -0.2) is 9.97 Å². The van der Waals surface area contributed by atoms with Crippen LogP contribution < -0.4 is 0 Å². The van der Waals surface area contributed by atoms with Gasteiger partial charge in [0.15, 0.2) is 5.82 Å². The summed E-state index contributed by atoms with van der Waals surface area (Å²) in [6.07, 6.45) is 0. The molecule has 0 saturated carbocycles. The monoisotopic (exact) mass is 707 g/mol. The average Bonchev–Trinajstić information content (AvgIpc) is 3.86. The fourth-order valence-corrected chi connectivity index (χ4v) is 8.66. The Bertz CT molecular complexity index is 3220. The van der Waals surface area contributed by atoms with Gasteiger partial charge in [0.2, 0.25) is 0 Å². The molecule has 0 saturated heterocycles. The summed E-state index contributed by atoms with van der Waals surface area (Å²) in [7, 11) is 0. The highest BCUT2D eigenvalue weighted by atomic mass is 32.1. The summed E-state index contributed by atoms with van der Waals surface area (Å²) in [5.74, 6) is 0.668. The lowest BCUT2D eigenvalue weighted by Crippen LogP contribution is -1.97. The molecule has 0 spiro atoms. The first-order valence-electron chi connectivity index (χ1n) is 18.0. The summed E-state index contributed by atoms with van der Waals surface area (Å²) in [4.78, 5) is 12.3. The third kappa shape index (κ3) is 5.15. The topological polar surface area (TPSA) is 56.5 Å². The third-order valence-corrected chi connectivity index (χ3v) is 11.4. The number of para-hydroxylation sites is 1. The second-order valence-electron chi connectivity index (χ2n) is 13.6. The minimum atomic E-state index is 0.668. The van der Waals surface area contributed by atoms with Crippen molar-refractivity contribution in [3.63, 3.8) is 0 Å². The standard InChI is InChI=1S/C48H29N5S/c1-3-10-30(11-4-1)33-12-9-13-34(26-33)42-29-43(35-23-25-45-40(27-35)38-16-7-8-17-44(38)54-45)50-48(49-42)36-21-19-31-18-20-32-22-24-41-47(46(32)39(31)28-36)52-53(51-41)37-14-5-2-6-15-37/h1-29H. The van der Waals surface area contributed by atoms with Crippen molar-refractivity contribution in [3.05, 3.63) is 176 Å². The van der Waals surface area contributed by atoms with E-state index in [4.69, 9.17) is 20.2 Å². The van der Waals surface area contributed by atoms with Gasteiger partial charge >= 0.3 is 0 Å². The molecule has 252 valence electrons. The molecule has 0 bridgehead atoms. The Morgan fingerprint density at radius 3 is 1.93 bits per heavy atom. The zero-order valence-electron chi connectivity index (χ0n) is 28.9. The van der Waals surface area contributed by atoms with E-state index in [-0.39, 0.29) is 0 Å². The molecule has 6 heteroatoms. The SMILES string of the molecule is c1ccc(-c2cccc(-c3cc(-c4ccc5sc6ccccc6c5c4)nc(-c4ccc5ccc6ccc7nn(-c8ccccc8)nc7c6c5c4)n3)c2)cc1. The summed E-state index contributed by atoms with van der Waals surface area (Å²) in [5, 5.41) is 16.8. The van der Waals surface area contributed by atoms with Gasteiger partial charge in [0.05, 0.1) is 17.1 Å². The quantitative estimate of drug-likeness (QED) is 0.167. The molecule has 0 radical (unpaired) electrons. The van der Waals surface area contributed by atoms with Crippen LogP contribution in [0.4, 0.5) is 0 Å². The molecule has 5 nitrogen and oxygen atoms in total. The van der Waals surface area contributed by atoms with Gasteiger partial charge in [-0.3, -0.25) is 0 Å². The molecule has 3 heterocycles. The number of thiophene rings is 1. The number of hydrogen-bond acceptors (Lipinski definition) is 5. The van der Waals surface area contributed by atoms with Crippen molar-refractivity contribution in [3.8, 4) is 50.7 Å². The lowest BCUT2D eigenvalue weighted by Gasteiger charge is -2.12. The number of rotatable bonds is 5. The van der Waals surface area contributed by atoms with Crippen molar-refractivity contribution in [1.29, 1.82) is 0 Å². The first kappa shape index (κ1) is 30.6. The molecule has 0 aliphatic rings. The molecule has 3 aromatic heterocycles. The summed E-state index contributed by atoms with van der Waals surface area (Å²) < 4.78 is 2.55. The zero-order valence-corrected chi connectivity index (χ0v) is 29.7. The molecule has 11 aromatic rings. The van der Waals surface area contributed by atoms with Gasteiger partial charge in [-0.15, -0.1) is 21.5 Å². The minimum absolute atomic E-state index is 0.668. The molecule has 0 amide bonds. The Morgan fingerprint density at radius 2 is 1.06 bits per heavy atom. The van der Waals surface area contributed by atoms with E-state index in [2.05, 4.69) is 140 Å². The van der Waals surface area contributed by atoms with Crippen LogP contribution in [0.1, 0.15) is 0 Å². The molecule has 0 fully saturated rings. The fourth-order valence-electron chi connectivity index (χ4n) is 7.58. The van der Waals surface area contributed by atoms with Crippen LogP contribution in [-0.2, 0) is 0 Å². The van der Waals surface area contributed by atoms with Gasteiger partial charge in [0.1, 0.15) is 11.0 Å². The van der Waals surface area contributed by atoms with Gasteiger partial charge in [-0.2, -0.15) is 4.80 Å². The highest BCUT2D eigenvalue weighted by Gasteiger charge is 2.16. The van der Waals surface area contributed by atoms with Crippen LogP contribution >= 0.6 is 11.3 Å². The predicted molar refractivity (Wildman–Crippen MR) is 224 cm³/mol. The Hall–Kier alpha value is -7.02. The second-order valence-corrected chi connectivity index (χ2v) is 14.7. The fraction of sp³-hybridized carbons (Fsp3) is 0. The lowest BCUT2D eigenvalue weighted by atomic mass is 9.98. The maximum absolute atomic E-state index is 5.30. The van der Waals surface area contributed by atoms with E-state index < -0.39 is 0 Å². The molecule has 0 atom stereocenters. The summed E-state index contributed by atoms with van der Waals surface area (Å²) in [6.45, 7) is 0. The summed E-state index contributed by atoms with van der Waals surface area (Å²) in [6, 6.07) is 61.7. The second kappa shape index (κ2) is 12.3. The third-order valence-electron chi connectivity index (χ3n) is 10.3. The first-order chi connectivity index (χ1) is 26.7. The highest BCUT2D eigenvalue weighted by molar-refractivity contribution is 7.25. The van der Waals surface area contributed by atoms with Crippen LogP contribution in [0, 0.1) is 0 Å². The molecule has 11 rings (SSSR count). The molecule has 8 aromatic carbocycles. The number of hydrogen-bond donors (Lipinski definition) is 0. The van der Waals surface area contributed by atoms with Gasteiger partial charge in [0.25, 0.3) is 0 Å². The summed E-state index contributed by atoms with van der Waals surface area (Å²) in [5.41, 5.74) is 9.72. The normalized spacial score (nSPS) is 11.7. The Labute approximate surface area is 314 Å². The number of fused-ring (bicyclic) bond motifs is 8. The number of aromatic nitrogens is 5. The van der Waals surface area contributed by atoms with Crippen molar-refractivity contribution < 1.29 is 0 Å². The highest BCUT2D eigenvalue weighted by Crippen LogP contribution is 2.38. The van der Waals surface area contributed by atoms with E-state index in [1.165, 1.54) is 25.7 Å². The van der Waals surface area contributed by atoms with Crippen molar-refractivity contribution in [2.24, 2.45) is 0 Å². The number of benzene rings is 8. The maximum Gasteiger partial charge on any atom is 0.160 e. The molecule has 54 heavy (non-hydrogen) atoms. The van der Waals surface area contributed by atoms with Crippen LogP contribution in [0.5, 0.6) is 0 Å². The van der Waals surface area contributed by atoms with E-state index >= 15 is 0 Å². The minimum Gasteiger partial charge on any atom is -0.228 e. The molecule has 0 aliphatic carbocycles. The largest absolute Gasteiger partial charge is 0.228 e. The molecule has 0 N–H and O–H groups in total. The zero-order chi connectivity index (χ0) is 35.6. The van der Waals surface area contributed by atoms with Crippen molar-refractivity contribution in [2.45, 2.75) is 0 Å². The predicted octanol–water partition coefficient (Wildman–Crippen LogP) is 12.6. The molecular weight excluding hydrogens is 679 g/mol. The molecule has 0 unspecified atom stereocenters. The van der Waals surface area contributed by atoms with Crippen molar-refractivity contribution in [1.82, 2.24) is 25.0 Å². The Kier molecular flexibility index (Phi) is 6.97. The van der Waals surface area contributed by atoms with Crippen molar-refractivity contribution in [2.75, 3.05) is 0 Å². The summed E-state index contributed by atoms with van der Waals surface area (Å²) >= 11 is 1.82. The lowest BCUT2D eigenvalue weighted by molar-refractivity contribution is 0.766. The maximum atomic E-state index is 5.30. The van der Waals surface area contributed by atoms with Crippen LogP contribution in [-0.4, -0.2) is 25.0 Å². The van der Waals surface area contributed by atoms with Gasteiger partial charge in [-0.1, -0.05) is 121 Å². The van der Waals surface area contributed by atoms with E-state index in [0.717, 1.165) is 71.9 Å². The van der Waals surface area contributed by atoms with Crippen molar-refractivity contribution >= 4 is 64.1 Å². The van der Waals surface area contributed by atoms with E-state index in [0.29, 0.717) is 5.82 Å². The number of nitrogens with zero attached hydrogens (tertiary/aromatic N) is 5. The molecular formula is C48H29N5S. The van der Waals surface area contributed by atoms with Gasteiger partial charge in [0, 0.05) is 42.2 Å². The van der Waals surface area contributed by atoms with Crippen LogP contribution in [0.2, 0.25) is 0 Å². The first-order valence-corrected chi connectivity index (χ1v) is 18.8. The van der Waals surface area contributed by atoms with Crippen LogP contribution in [0.25, 0.3) is 103 Å². The van der Waals surface area contributed by atoms with Crippen LogP contribution in [0.15, 0.2) is 176 Å². The average molecular weight is 708 g/mol. The van der Waals surface area contributed by atoms with E-state index in [1.54, 1.807) is 4.80 Å². The van der Waals surface area contributed by atoms with Gasteiger partial charge in [-0.05, 0) is 81.9 Å². The van der Waals surface area contributed by atoms with Crippen LogP contribution in [0.3, 0.4) is 0 Å². The Balaban J connectivity index is 1.12. The smallest absolute Gasteiger partial charge is 0.160 e.